The Bertz CT molecular complexity index is 956. The van der Waals surface area contributed by atoms with Gasteiger partial charge < -0.3 is 9.80 Å². The number of nitrogens with one attached hydrogen (secondary N) is 1. The van der Waals surface area contributed by atoms with E-state index in [-0.39, 0.29) is 22.4 Å². The summed E-state index contributed by atoms with van der Waals surface area (Å²) in [5, 5.41) is 18.8. The molecule has 0 atom stereocenters. The summed E-state index contributed by atoms with van der Waals surface area (Å²) in [4.78, 5) is 32.8. The summed E-state index contributed by atoms with van der Waals surface area (Å²) < 4.78 is 0. The normalized spacial score (nSPS) is 20.8. The molecule has 164 valence electrons. The molecule has 1 saturated carbocycles. The van der Waals surface area contributed by atoms with Gasteiger partial charge in [-0.2, -0.15) is 5.10 Å². The van der Waals surface area contributed by atoms with Crippen molar-refractivity contribution in [2.45, 2.75) is 50.4 Å². The average molecular weight is 425 g/mol. The fourth-order valence-electron chi connectivity index (χ4n) is 4.88. The van der Waals surface area contributed by atoms with E-state index in [4.69, 9.17) is 0 Å². The minimum absolute atomic E-state index is 0.00215. The van der Waals surface area contributed by atoms with Crippen LogP contribution in [0.4, 0.5) is 11.4 Å². The van der Waals surface area contributed by atoms with E-state index < -0.39 is 0 Å². The van der Waals surface area contributed by atoms with Crippen molar-refractivity contribution in [1.29, 1.82) is 0 Å². The molecular formula is C22H28N6O3. The van der Waals surface area contributed by atoms with Gasteiger partial charge in [0, 0.05) is 50.0 Å². The Hall–Kier alpha value is -2.97. The van der Waals surface area contributed by atoms with Gasteiger partial charge in [0.15, 0.2) is 5.82 Å². The first-order valence-electron chi connectivity index (χ1n) is 11.3. The van der Waals surface area contributed by atoms with Crippen molar-refractivity contribution in [3.05, 3.63) is 46.0 Å². The van der Waals surface area contributed by atoms with E-state index >= 15 is 0 Å². The second-order valence-corrected chi connectivity index (χ2v) is 8.96. The van der Waals surface area contributed by atoms with Crippen LogP contribution in [-0.2, 0) is 4.79 Å². The Labute approximate surface area is 181 Å². The standard InChI is InChI=1S/C22H28N6O3/c29-22(17-9-11-26(12-10-17)18-3-1-2-4-19(18)28(30)31)27-13-7-16(8-14-27)21-23-20(24-25-21)15-5-6-15/h1-4,15-17H,5-14H2,(H,23,24,25). The third-order valence-corrected chi connectivity index (χ3v) is 6.92. The van der Waals surface area contributed by atoms with Gasteiger partial charge in [-0.3, -0.25) is 20.0 Å². The maximum Gasteiger partial charge on any atom is 0.292 e. The number of aromatic nitrogens is 3. The lowest BCUT2D eigenvalue weighted by Crippen LogP contribution is -2.45. The molecule has 0 unspecified atom stereocenters. The molecule has 5 rings (SSSR count). The molecule has 3 fully saturated rings. The first kappa shape index (κ1) is 20.0. The van der Waals surface area contributed by atoms with E-state index in [0.717, 1.165) is 50.4 Å². The monoisotopic (exact) mass is 424 g/mol. The number of nitro groups is 1. The minimum atomic E-state index is -0.334. The Kier molecular flexibility index (Phi) is 5.33. The molecule has 2 saturated heterocycles. The van der Waals surface area contributed by atoms with Gasteiger partial charge in [0.05, 0.1) is 4.92 Å². The molecule has 1 amide bonds. The van der Waals surface area contributed by atoms with E-state index in [0.29, 0.717) is 30.6 Å². The maximum absolute atomic E-state index is 13.1. The molecule has 9 nitrogen and oxygen atoms in total. The molecule has 2 aliphatic heterocycles. The number of hydrogen-bond donors (Lipinski definition) is 1. The van der Waals surface area contributed by atoms with Crippen LogP contribution in [0.25, 0.3) is 0 Å². The average Bonchev–Trinajstić information content (AvgIpc) is 3.55. The molecular weight excluding hydrogens is 396 g/mol. The highest BCUT2D eigenvalue weighted by Crippen LogP contribution is 2.39. The molecule has 1 aliphatic carbocycles. The topological polar surface area (TPSA) is 108 Å². The number of carbonyl (C=O) groups excluding carboxylic acids is 1. The fraction of sp³-hybridized carbons (Fsp3) is 0.591. The quantitative estimate of drug-likeness (QED) is 0.583. The minimum Gasteiger partial charge on any atom is -0.366 e. The smallest absolute Gasteiger partial charge is 0.292 e. The summed E-state index contributed by atoms with van der Waals surface area (Å²) in [6, 6.07) is 6.85. The summed E-state index contributed by atoms with van der Waals surface area (Å²) in [7, 11) is 0. The number of rotatable bonds is 5. The van der Waals surface area contributed by atoms with Gasteiger partial charge in [0.2, 0.25) is 5.91 Å². The number of nitrogens with zero attached hydrogens (tertiary/aromatic N) is 5. The third kappa shape index (κ3) is 4.13. The van der Waals surface area contributed by atoms with Crippen LogP contribution < -0.4 is 4.90 Å². The lowest BCUT2D eigenvalue weighted by Gasteiger charge is -2.37. The van der Waals surface area contributed by atoms with Gasteiger partial charge in [0.1, 0.15) is 11.5 Å². The zero-order chi connectivity index (χ0) is 21.4. The molecule has 1 N–H and O–H groups in total. The number of benzene rings is 1. The van der Waals surface area contributed by atoms with Gasteiger partial charge >= 0.3 is 0 Å². The van der Waals surface area contributed by atoms with E-state index in [1.165, 1.54) is 12.8 Å². The van der Waals surface area contributed by atoms with Crippen LogP contribution in [-0.4, -0.2) is 57.1 Å². The van der Waals surface area contributed by atoms with Crippen molar-refractivity contribution in [3.63, 3.8) is 0 Å². The van der Waals surface area contributed by atoms with Gasteiger partial charge in [0.25, 0.3) is 5.69 Å². The van der Waals surface area contributed by atoms with Crippen LogP contribution >= 0.6 is 0 Å². The second kappa shape index (κ2) is 8.28. The molecule has 31 heavy (non-hydrogen) atoms. The number of piperidine rings is 2. The second-order valence-electron chi connectivity index (χ2n) is 8.96. The number of likely N-dealkylation sites (tertiary alicyclic amines) is 1. The number of carbonyl (C=O) groups is 1. The molecule has 3 aliphatic rings. The summed E-state index contributed by atoms with van der Waals surface area (Å²) in [6.07, 6.45) is 5.69. The summed E-state index contributed by atoms with van der Waals surface area (Å²) in [5.41, 5.74) is 0.781. The Morgan fingerprint density at radius 2 is 1.71 bits per heavy atom. The fourth-order valence-corrected chi connectivity index (χ4v) is 4.88. The Morgan fingerprint density at radius 3 is 2.39 bits per heavy atom. The number of para-hydroxylation sites is 2. The van der Waals surface area contributed by atoms with Crippen LogP contribution in [0, 0.1) is 16.0 Å². The molecule has 0 spiro atoms. The Morgan fingerprint density at radius 1 is 1.00 bits per heavy atom. The number of H-pyrrole nitrogens is 1. The SMILES string of the molecule is O=C(C1CCN(c2ccccc2[N+](=O)[O-])CC1)N1CCC(c2nc(C3CC3)n[nH]2)CC1. The molecule has 3 heterocycles. The lowest BCUT2D eigenvalue weighted by atomic mass is 9.91. The van der Waals surface area contributed by atoms with Gasteiger partial charge in [-0.05, 0) is 44.6 Å². The van der Waals surface area contributed by atoms with Crippen LogP contribution in [0.2, 0.25) is 0 Å². The van der Waals surface area contributed by atoms with E-state index in [9.17, 15) is 14.9 Å². The van der Waals surface area contributed by atoms with Crippen LogP contribution in [0.15, 0.2) is 24.3 Å². The highest BCUT2D eigenvalue weighted by atomic mass is 16.6. The predicted molar refractivity (Wildman–Crippen MR) is 115 cm³/mol. The van der Waals surface area contributed by atoms with Crippen molar-refractivity contribution in [1.82, 2.24) is 20.1 Å². The highest BCUT2D eigenvalue weighted by molar-refractivity contribution is 5.79. The van der Waals surface area contributed by atoms with Crippen LogP contribution in [0.5, 0.6) is 0 Å². The van der Waals surface area contributed by atoms with Gasteiger partial charge in [-0.1, -0.05) is 12.1 Å². The largest absolute Gasteiger partial charge is 0.366 e. The van der Waals surface area contributed by atoms with Crippen molar-refractivity contribution in [3.8, 4) is 0 Å². The predicted octanol–water partition coefficient (Wildman–Crippen LogP) is 3.21. The first-order valence-corrected chi connectivity index (χ1v) is 11.3. The van der Waals surface area contributed by atoms with Crippen LogP contribution in [0.3, 0.4) is 0 Å². The molecule has 1 aromatic carbocycles. The molecule has 0 bridgehead atoms. The number of hydrogen-bond acceptors (Lipinski definition) is 6. The third-order valence-electron chi connectivity index (χ3n) is 6.92. The zero-order valence-corrected chi connectivity index (χ0v) is 17.6. The summed E-state index contributed by atoms with van der Waals surface area (Å²) in [5.74, 6) is 3.07. The van der Waals surface area contributed by atoms with Crippen molar-refractivity contribution in [2.24, 2.45) is 5.92 Å². The van der Waals surface area contributed by atoms with E-state index in [1.807, 2.05) is 15.9 Å². The van der Waals surface area contributed by atoms with Gasteiger partial charge in [-0.25, -0.2) is 4.98 Å². The zero-order valence-electron chi connectivity index (χ0n) is 17.6. The number of anilines is 1. The maximum atomic E-state index is 13.1. The molecule has 9 heteroatoms. The summed E-state index contributed by atoms with van der Waals surface area (Å²) >= 11 is 0. The van der Waals surface area contributed by atoms with Crippen molar-refractivity contribution in [2.75, 3.05) is 31.1 Å². The van der Waals surface area contributed by atoms with E-state index in [2.05, 4.69) is 15.2 Å². The van der Waals surface area contributed by atoms with E-state index in [1.54, 1.807) is 18.2 Å². The number of amides is 1. The summed E-state index contributed by atoms with van der Waals surface area (Å²) in [6.45, 7) is 2.85. The van der Waals surface area contributed by atoms with Crippen molar-refractivity contribution < 1.29 is 9.72 Å². The highest BCUT2D eigenvalue weighted by Gasteiger charge is 2.34. The molecule has 2 aromatic rings. The molecule has 1 aromatic heterocycles. The Balaban J connectivity index is 1.14. The first-order chi connectivity index (χ1) is 15.1. The molecule has 0 radical (unpaired) electrons. The lowest BCUT2D eigenvalue weighted by molar-refractivity contribution is -0.384. The number of aromatic amines is 1. The van der Waals surface area contributed by atoms with Gasteiger partial charge in [-0.15, -0.1) is 0 Å². The van der Waals surface area contributed by atoms with Crippen LogP contribution in [0.1, 0.15) is 62.0 Å². The van der Waals surface area contributed by atoms with Crippen molar-refractivity contribution >= 4 is 17.3 Å². The number of nitro benzene ring substituents is 1.